The number of benzene rings is 2. The summed E-state index contributed by atoms with van der Waals surface area (Å²) in [6.07, 6.45) is 0. The molecular weight excluding hydrogens is 282 g/mol. The quantitative estimate of drug-likeness (QED) is 0.800. The van der Waals surface area contributed by atoms with E-state index in [0.29, 0.717) is 10.7 Å². The van der Waals surface area contributed by atoms with Gasteiger partial charge in [-0.2, -0.15) is 0 Å². The predicted octanol–water partition coefficient (Wildman–Crippen LogP) is 3.77. The third-order valence-electron chi connectivity index (χ3n) is 3.00. The van der Waals surface area contributed by atoms with Gasteiger partial charge in [-0.05, 0) is 24.1 Å². The molecule has 0 saturated carbocycles. The number of carbonyl (C=O) groups excluding carboxylic acids is 1. The van der Waals surface area contributed by atoms with Crippen LogP contribution in [0, 0.1) is 6.92 Å². The Hall–Kier alpha value is -2.53. The molecule has 0 saturated heterocycles. The highest BCUT2D eigenvalue weighted by Crippen LogP contribution is 2.24. The Bertz CT molecular complexity index is 768. The summed E-state index contributed by atoms with van der Waals surface area (Å²) >= 11 is 1.36. The third-order valence-corrected chi connectivity index (χ3v) is 3.76. The second-order valence-electron chi connectivity index (χ2n) is 4.49. The smallest absolute Gasteiger partial charge is 0.258 e. The van der Waals surface area contributed by atoms with Crippen LogP contribution in [-0.2, 0) is 0 Å². The van der Waals surface area contributed by atoms with Crippen LogP contribution >= 0.6 is 11.3 Å². The van der Waals surface area contributed by atoms with Crippen molar-refractivity contribution in [3.63, 3.8) is 0 Å². The fourth-order valence-corrected chi connectivity index (χ4v) is 2.65. The minimum absolute atomic E-state index is 0.175. The number of carbonyl (C=O) groups is 1. The molecule has 3 aromatic rings. The highest BCUT2D eigenvalue weighted by Gasteiger charge is 2.13. The van der Waals surface area contributed by atoms with Crippen molar-refractivity contribution < 1.29 is 4.79 Å². The molecule has 1 aromatic heterocycles. The molecule has 0 aliphatic rings. The van der Waals surface area contributed by atoms with Gasteiger partial charge in [0.1, 0.15) is 5.01 Å². The first-order chi connectivity index (χ1) is 10.2. The van der Waals surface area contributed by atoms with E-state index in [4.69, 9.17) is 0 Å². The van der Waals surface area contributed by atoms with Crippen molar-refractivity contribution in [2.24, 2.45) is 0 Å². The van der Waals surface area contributed by atoms with Crippen molar-refractivity contribution in [1.82, 2.24) is 10.2 Å². The number of nitrogens with one attached hydrogen (secondary N) is 1. The number of nitrogens with zero attached hydrogens (tertiary/aromatic N) is 2. The summed E-state index contributed by atoms with van der Waals surface area (Å²) in [6, 6.07) is 17.4. The average Bonchev–Trinajstić information content (AvgIpc) is 2.93. The molecule has 5 heteroatoms. The van der Waals surface area contributed by atoms with Gasteiger partial charge >= 0.3 is 0 Å². The molecular formula is C16H13N3OS. The van der Waals surface area contributed by atoms with Crippen LogP contribution < -0.4 is 5.32 Å². The Morgan fingerprint density at radius 3 is 2.43 bits per heavy atom. The first kappa shape index (κ1) is 13.5. The lowest BCUT2D eigenvalue weighted by Crippen LogP contribution is -2.13. The molecule has 1 amide bonds. The van der Waals surface area contributed by atoms with Crippen LogP contribution in [0.5, 0.6) is 0 Å². The normalized spacial score (nSPS) is 10.3. The molecule has 0 aliphatic carbocycles. The second kappa shape index (κ2) is 5.85. The van der Waals surface area contributed by atoms with Crippen LogP contribution in [0.1, 0.15) is 15.4 Å². The lowest BCUT2D eigenvalue weighted by molar-refractivity contribution is 0.102. The summed E-state index contributed by atoms with van der Waals surface area (Å²) in [6.45, 7) is 1.85. The molecule has 0 fully saturated rings. The molecule has 2 aromatic carbocycles. The van der Waals surface area contributed by atoms with Gasteiger partial charge in [-0.15, -0.1) is 10.2 Å². The van der Waals surface area contributed by atoms with Crippen LogP contribution in [0.3, 0.4) is 0 Å². The van der Waals surface area contributed by atoms with Crippen LogP contribution in [0.15, 0.2) is 54.6 Å². The van der Waals surface area contributed by atoms with Gasteiger partial charge in [0, 0.05) is 5.56 Å². The Morgan fingerprint density at radius 2 is 1.71 bits per heavy atom. The van der Waals surface area contributed by atoms with E-state index in [2.05, 4.69) is 15.5 Å². The summed E-state index contributed by atoms with van der Waals surface area (Å²) in [5.74, 6) is -0.175. The zero-order chi connectivity index (χ0) is 14.7. The van der Waals surface area contributed by atoms with E-state index in [1.165, 1.54) is 11.3 Å². The molecule has 0 bridgehead atoms. The van der Waals surface area contributed by atoms with Crippen molar-refractivity contribution in [3.05, 3.63) is 65.2 Å². The van der Waals surface area contributed by atoms with E-state index in [-0.39, 0.29) is 5.91 Å². The molecule has 3 rings (SSSR count). The maximum atomic E-state index is 12.4. The van der Waals surface area contributed by atoms with Gasteiger partial charge in [0.2, 0.25) is 5.13 Å². The number of hydrogen-bond acceptors (Lipinski definition) is 4. The Morgan fingerprint density at radius 1 is 1.00 bits per heavy atom. The van der Waals surface area contributed by atoms with E-state index in [1.807, 2.05) is 61.5 Å². The molecule has 1 heterocycles. The van der Waals surface area contributed by atoms with Gasteiger partial charge in [0.25, 0.3) is 5.91 Å². The van der Waals surface area contributed by atoms with Crippen LogP contribution in [0.25, 0.3) is 11.1 Å². The summed E-state index contributed by atoms with van der Waals surface area (Å²) in [5.41, 5.74) is 2.53. The number of hydrogen-bond donors (Lipinski definition) is 1. The highest BCUT2D eigenvalue weighted by atomic mass is 32.1. The van der Waals surface area contributed by atoms with Gasteiger partial charge < -0.3 is 0 Å². The van der Waals surface area contributed by atoms with Crippen molar-refractivity contribution in [2.45, 2.75) is 6.92 Å². The average molecular weight is 295 g/mol. The van der Waals surface area contributed by atoms with E-state index < -0.39 is 0 Å². The third kappa shape index (κ3) is 2.98. The molecule has 21 heavy (non-hydrogen) atoms. The van der Waals surface area contributed by atoms with Gasteiger partial charge in [-0.25, -0.2) is 0 Å². The topological polar surface area (TPSA) is 54.9 Å². The van der Waals surface area contributed by atoms with E-state index in [1.54, 1.807) is 0 Å². The summed E-state index contributed by atoms with van der Waals surface area (Å²) < 4.78 is 0. The van der Waals surface area contributed by atoms with Crippen LogP contribution in [0.2, 0.25) is 0 Å². The van der Waals surface area contributed by atoms with Crippen molar-refractivity contribution in [1.29, 1.82) is 0 Å². The summed E-state index contributed by atoms with van der Waals surface area (Å²) in [4.78, 5) is 12.4. The first-order valence-electron chi connectivity index (χ1n) is 6.50. The van der Waals surface area contributed by atoms with Gasteiger partial charge in [-0.3, -0.25) is 10.1 Å². The lowest BCUT2D eigenvalue weighted by Gasteiger charge is -2.08. The fraction of sp³-hybridized carbons (Fsp3) is 0.0625. The molecule has 104 valence electrons. The first-order valence-corrected chi connectivity index (χ1v) is 7.31. The molecule has 4 nitrogen and oxygen atoms in total. The second-order valence-corrected chi connectivity index (χ2v) is 5.67. The standard InChI is InChI=1S/C16H13N3OS/c1-11-18-19-16(21-11)17-15(20)14-10-6-5-9-13(14)12-7-3-2-4-8-12/h2-10H,1H3,(H,17,19,20). The molecule has 0 unspecified atom stereocenters. The van der Waals surface area contributed by atoms with Crippen molar-refractivity contribution in [3.8, 4) is 11.1 Å². The summed E-state index contributed by atoms with van der Waals surface area (Å²) in [5, 5.41) is 11.9. The van der Waals surface area contributed by atoms with Gasteiger partial charge in [0.05, 0.1) is 0 Å². The molecule has 0 spiro atoms. The largest absolute Gasteiger partial charge is 0.296 e. The van der Waals surface area contributed by atoms with Gasteiger partial charge in [0.15, 0.2) is 0 Å². The minimum Gasteiger partial charge on any atom is -0.296 e. The lowest BCUT2D eigenvalue weighted by atomic mass is 9.99. The minimum atomic E-state index is -0.175. The summed E-state index contributed by atoms with van der Waals surface area (Å²) in [7, 11) is 0. The Labute approximate surface area is 126 Å². The van der Waals surface area contributed by atoms with Crippen molar-refractivity contribution in [2.75, 3.05) is 5.32 Å². The molecule has 0 aliphatic heterocycles. The number of aromatic nitrogens is 2. The zero-order valence-electron chi connectivity index (χ0n) is 11.4. The number of aryl methyl sites for hydroxylation is 1. The van der Waals surface area contributed by atoms with Crippen molar-refractivity contribution >= 4 is 22.4 Å². The highest BCUT2D eigenvalue weighted by molar-refractivity contribution is 7.15. The molecule has 0 radical (unpaired) electrons. The fourth-order valence-electron chi connectivity index (χ4n) is 2.06. The SMILES string of the molecule is Cc1nnc(NC(=O)c2ccccc2-c2ccccc2)s1. The number of amides is 1. The number of anilines is 1. The maximum Gasteiger partial charge on any atom is 0.258 e. The monoisotopic (exact) mass is 295 g/mol. The van der Waals surface area contributed by atoms with Crippen LogP contribution in [-0.4, -0.2) is 16.1 Å². The maximum absolute atomic E-state index is 12.4. The predicted molar refractivity (Wildman–Crippen MR) is 84.5 cm³/mol. The van der Waals surface area contributed by atoms with E-state index in [0.717, 1.165) is 16.1 Å². The number of rotatable bonds is 3. The molecule has 1 N–H and O–H groups in total. The van der Waals surface area contributed by atoms with Gasteiger partial charge in [-0.1, -0.05) is 59.9 Å². The van der Waals surface area contributed by atoms with E-state index >= 15 is 0 Å². The molecule has 0 atom stereocenters. The van der Waals surface area contributed by atoms with Crippen LogP contribution in [0.4, 0.5) is 5.13 Å². The Kier molecular flexibility index (Phi) is 3.75. The zero-order valence-corrected chi connectivity index (χ0v) is 12.2. The van der Waals surface area contributed by atoms with E-state index in [9.17, 15) is 4.79 Å². The Balaban J connectivity index is 1.93.